The molecule has 4 nitrogen and oxygen atoms in total. The first-order valence-electron chi connectivity index (χ1n) is 11.2. The molecule has 1 aliphatic carbocycles. The fourth-order valence-corrected chi connectivity index (χ4v) is 6.33. The van der Waals surface area contributed by atoms with Crippen LogP contribution in [0.5, 0.6) is 0 Å². The van der Waals surface area contributed by atoms with Gasteiger partial charge in [-0.3, -0.25) is 0 Å². The van der Waals surface area contributed by atoms with Gasteiger partial charge < -0.3 is 14.8 Å². The number of nitrogens with zero attached hydrogens (tertiary/aromatic N) is 2. The third-order valence-electron chi connectivity index (χ3n) is 6.57. The van der Waals surface area contributed by atoms with Crippen molar-refractivity contribution in [3.05, 3.63) is 69.9 Å². The number of carbonyl (C=O) groups excluding carboxylic acids is 1. The van der Waals surface area contributed by atoms with Crippen LogP contribution in [0.1, 0.15) is 66.4 Å². The number of amides is 2. The van der Waals surface area contributed by atoms with Crippen LogP contribution in [-0.2, 0) is 25.8 Å². The first-order chi connectivity index (χ1) is 14.7. The van der Waals surface area contributed by atoms with Gasteiger partial charge in [0.25, 0.3) is 0 Å². The number of hydrogen-bond donors (Lipinski definition) is 1. The average molecular weight is 420 g/mol. The van der Waals surface area contributed by atoms with Crippen molar-refractivity contribution in [3.8, 4) is 5.00 Å². The monoisotopic (exact) mass is 419 g/mol. The van der Waals surface area contributed by atoms with Crippen molar-refractivity contribution in [2.24, 2.45) is 0 Å². The van der Waals surface area contributed by atoms with E-state index in [4.69, 9.17) is 0 Å². The summed E-state index contributed by atoms with van der Waals surface area (Å²) < 4.78 is 2.34. The molecule has 0 fully saturated rings. The van der Waals surface area contributed by atoms with Gasteiger partial charge >= 0.3 is 6.03 Å². The van der Waals surface area contributed by atoms with Gasteiger partial charge in [0.05, 0.1) is 12.6 Å². The highest BCUT2D eigenvalue weighted by molar-refractivity contribution is 7.15. The highest BCUT2D eigenvalue weighted by Crippen LogP contribution is 2.43. The number of carbonyl (C=O) groups is 1. The second kappa shape index (κ2) is 7.95. The summed E-state index contributed by atoms with van der Waals surface area (Å²) in [6.45, 7) is 5.00. The van der Waals surface area contributed by atoms with Gasteiger partial charge in [-0.25, -0.2) is 4.79 Å². The van der Waals surface area contributed by atoms with Crippen molar-refractivity contribution < 1.29 is 4.79 Å². The standard InChI is InChI=1S/C25H29N3OS/c1-3-17-11-13-18(14-12-17)26-25(29)28-16-20-19-8-5-6-10-23(19)30-24(20)27-15-7-9-22(27)21(28)4-2/h7,9,11-15,21H,3-6,8,10,16H2,1-2H3,(H,26,29)/t21-/m1/s1. The van der Waals surface area contributed by atoms with Crippen LogP contribution in [0, 0.1) is 0 Å². The van der Waals surface area contributed by atoms with Gasteiger partial charge in [0.2, 0.25) is 0 Å². The normalized spacial score (nSPS) is 17.7. The molecule has 5 heteroatoms. The fourth-order valence-electron chi connectivity index (χ4n) is 4.93. The van der Waals surface area contributed by atoms with E-state index in [1.807, 2.05) is 28.4 Å². The maximum Gasteiger partial charge on any atom is 0.322 e. The molecule has 1 N–H and O–H groups in total. The second-order valence-corrected chi connectivity index (χ2v) is 9.41. The number of anilines is 1. The van der Waals surface area contributed by atoms with Gasteiger partial charge in [-0.1, -0.05) is 26.0 Å². The molecule has 3 heterocycles. The Kier molecular flexibility index (Phi) is 5.15. The lowest BCUT2D eigenvalue weighted by molar-refractivity contribution is 0.181. The Morgan fingerprint density at radius 2 is 1.90 bits per heavy atom. The van der Waals surface area contributed by atoms with Gasteiger partial charge in [-0.2, -0.15) is 0 Å². The molecule has 0 saturated heterocycles. The zero-order valence-electron chi connectivity index (χ0n) is 17.8. The minimum absolute atomic E-state index is 0.0116. The van der Waals surface area contributed by atoms with Crippen molar-refractivity contribution in [1.82, 2.24) is 9.47 Å². The number of aryl methyl sites for hydroxylation is 2. The van der Waals surface area contributed by atoms with E-state index in [9.17, 15) is 4.79 Å². The largest absolute Gasteiger partial charge is 0.322 e. The molecule has 2 aliphatic rings. The van der Waals surface area contributed by atoms with Crippen molar-refractivity contribution in [3.63, 3.8) is 0 Å². The maximum absolute atomic E-state index is 13.5. The Labute approximate surface area is 182 Å². The van der Waals surface area contributed by atoms with E-state index in [-0.39, 0.29) is 12.1 Å². The first kappa shape index (κ1) is 19.4. The van der Waals surface area contributed by atoms with Crippen LogP contribution >= 0.6 is 11.3 Å². The number of aromatic nitrogens is 1. The Hall–Kier alpha value is -2.53. The number of rotatable bonds is 3. The quantitative estimate of drug-likeness (QED) is 0.518. The van der Waals surface area contributed by atoms with E-state index in [1.54, 1.807) is 0 Å². The van der Waals surface area contributed by atoms with Crippen LogP contribution in [0.4, 0.5) is 10.5 Å². The maximum atomic E-state index is 13.5. The van der Waals surface area contributed by atoms with E-state index >= 15 is 0 Å². The van der Waals surface area contributed by atoms with E-state index in [0.717, 1.165) is 24.9 Å². The molecule has 30 heavy (non-hydrogen) atoms. The van der Waals surface area contributed by atoms with E-state index in [2.05, 4.69) is 54.2 Å². The molecule has 0 bridgehead atoms. The fraction of sp³-hybridized carbons (Fsp3) is 0.400. The molecule has 0 unspecified atom stereocenters. The highest BCUT2D eigenvalue weighted by atomic mass is 32.1. The number of urea groups is 1. The lowest BCUT2D eigenvalue weighted by Gasteiger charge is -2.30. The molecule has 1 aromatic carbocycles. The van der Waals surface area contributed by atoms with Gasteiger partial charge in [0.15, 0.2) is 0 Å². The van der Waals surface area contributed by atoms with Crippen LogP contribution in [-0.4, -0.2) is 15.5 Å². The number of thiophene rings is 1. The number of hydrogen-bond acceptors (Lipinski definition) is 2. The van der Waals surface area contributed by atoms with Crippen molar-refractivity contribution in [2.75, 3.05) is 5.32 Å². The van der Waals surface area contributed by atoms with E-state index < -0.39 is 0 Å². The summed E-state index contributed by atoms with van der Waals surface area (Å²) in [6, 6.07) is 12.5. The zero-order valence-corrected chi connectivity index (χ0v) is 18.6. The summed E-state index contributed by atoms with van der Waals surface area (Å²) in [5.41, 5.74) is 6.22. The summed E-state index contributed by atoms with van der Waals surface area (Å²) in [6.07, 6.45) is 8.91. The van der Waals surface area contributed by atoms with E-state index in [1.165, 1.54) is 51.5 Å². The summed E-state index contributed by atoms with van der Waals surface area (Å²) in [5.74, 6) is 0. The topological polar surface area (TPSA) is 37.3 Å². The molecule has 2 amide bonds. The molecule has 0 saturated carbocycles. The van der Waals surface area contributed by atoms with E-state index in [0.29, 0.717) is 6.54 Å². The molecular formula is C25H29N3OS. The third kappa shape index (κ3) is 3.25. The van der Waals surface area contributed by atoms with Crippen LogP contribution in [0.3, 0.4) is 0 Å². The molecule has 0 radical (unpaired) electrons. The molecule has 0 spiro atoms. The number of nitrogens with one attached hydrogen (secondary N) is 1. The van der Waals surface area contributed by atoms with Crippen LogP contribution in [0.25, 0.3) is 5.00 Å². The molecule has 1 aliphatic heterocycles. The van der Waals surface area contributed by atoms with Gasteiger partial charge in [-0.05, 0) is 73.9 Å². The summed E-state index contributed by atoms with van der Waals surface area (Å²) in [5, 5.41) is 4.48. The van der Waals surface area contributed by atoms with Crippen molar-refractivity contribution in [1.29, 1.82) is 0 Å². The third-order valence-corrected chi connectivity index (χ3v) is 7.90. The minimum Gasteiger partial charge on any atom is -0.312 e. The Bertz CT molecular complexity index is 1060. The SMILES string of the molecule is CCc1ccc(NC(=O)N2Cc3c(sc4c3CCCC4)-n3cccc3[C@H]2CC)cc1. The summed E-state index contributed by atoms with van der Waals surface area (Å²) in [4.78, 5) is 17.1. The molecular weight excluding hydrogens is 390 g/mol. The number of benzene rings is 1. The predicted molar refractivity (Wildman–Crippen MR) is 124 cm³/mol. The second-order valence-electron chi connectivity index (χ2n) is 8.33. The molecule has 2 aromatic heterocycles. The Balaban J connectivity index is 1.53. The molecule has 1 atom stereocenters. The first-order valence-corrected chi connectivity index (χ1v) is 12.0. The molecule has 3 aromatic rings. The van der Waals surface area contributed by atoms with Crippen molar-refractivity contribution >= 4 is 23.1 Å². The predicted octanol–water partition coefficient (Wildman–Crippen LogP) is 6.48. The average Bonchev–Trinajstić information content (AvgIpc) is 3.36. The highest BCUT2D eigenvalue weighted by Gasteiger charge is 2.34. The van der Waals surface area contributed by atoms with Crippen LogP contribution in [0.15, 0.2) is 42.6 Å². The summed E-state index contributed by atoms with van der Waals surface area (Å²) in [7, 11) is 0. The molecule has 5 rings (SSSR count). The van der Waals surface area contributed by atoms with Crippen molar-refractivity contribution in [2.45, 2.75) is 65.0 Å². The zero-order chi connectivity index (χ0) is 20.7. The summed E-state index contributed by atoms with van der Waals surface area (Å²) >= 11 is 1.94. The smallest absolute Gasteiger partial charge is 0.312 e. The van der Waals surface area contributed by atoms with Crippen LogP contribution in [0.2, 0.25) is 0 Å². The lowest BCUT2D eigenvalue weighted by atomic mass is 9.95. The number of fused-ring (bicyclic) bond motifs is 5. The van der Waals surface area contributed by atoms with Gasteiger partial charge in [0, 0.05) is 28.0 Å². The van der Waals surface area contributed by atoms with Crippen LogP contribution < -0.4 is 5.32 Å². The van der Waals surface area contributed by atoms with Gasteiger partial charge in [-0.15, -0.1) is 11.3 Å². The Morgan fingerprint density at radius 3 is 2.67 bits per heavy atom. The van der Waals surface area contributed by atoms with Gasteiger partial charge in [0.1, 0.15) is 5.00 Å². The Morgan fingerprint density at radius 1 is 1.10 bits per heavy atom. The molecule has 156 valence electrons. The lowest BCUT2D eigenvalue weighted by Crippen LogP contribution is -2.37. The minimum atomic E-state index is -0.0116.